The molecule has 2 aromatic heterocycles. The van der Waals surface area contributed by atoms with E-state index >= 15 is 0 Å². The average molecular weight is 456 g/mol. The van der Waals surface area contributed by atoms with Crippen LogP contribution in [0.15, 0.2) is 71.5 Å². The van der Waals surface area contributed by atoms with Crippen molar-refractivity contribution in [2.24, 2.45) is 0 Å². The third kappa shape index (κ3) is 4.03. The van der Waals surface area contributed by atoms with Gasteiger partial charge in [-0.1, -0.05) is 29.8 Å². The minimum Gasteiger partial charge on any atom is -0.308 e. The van der Waals surface area contributed by atoms with E-state index in [1.54, 1.807) is 6.07 Å². The van der Waals surface area contributed by atoms with Gasteiger partial charge in [-0.2, -0.15) is 0 Å². The molecule has 0 atom stereocenters. The number of benzene rings is 2. The Morgan fingerprint density at radius 1 is 1.04 bits per heavy atom. The zero-order chi connectivity index (χ0) is 19.7. The highest BCUT2D eigenvalue weighted by Gasteiger charge is 2.08. The maximum absolute atomic E-state index is 12.3. The summed E-state index contributed by atoms with van der Waals surface area (Å²) < 4.78 is 2.93. The van der Waals surface area contributed by atoms with Crippen molar-refractivity contribution in [3.8, 4) is 11.3 Å². The third-order valence-electron chi connectivity index (χ3n) is 4.26. The zero-order valence-electron chi connectivity index (χ0n) is 14.9. The summed E-state index contributed by atoms with van der Waals surface area (Å²) in [6.07, 6.45) is 3.90. The number of pyridine rings is 1. The van der Waals surface area contributed by atoms with Gasteiger partial charge >= 0.3 is 6.03 Å². The molecule has 140 valence electrons. The van der Waals surface area contributed by atoms with Crippen LogP contribution in [0.1, 0.15) is 5.56 Å². The van der Waals surface area contributed by atoms with Gasteiger partial charge in [0.15, 0.2) is 0 Å². The molecular weight excluding hydrogens is 440 g/mol. The summed E-state index contributed by atoms with van der Waals surface area (Å²) in [4.78, 5) is 16.9. The average Bonchev–Trinajstić information content (AvgIpc) is 3.08. The summed E-state index contributed by atoms with van der Waals surface area (Å²) in [5.74, 6) is 0. The molecule has 2 N–H and O–H groups in total. The Morgan fingerprint density at radius 3 is 2.61 bits per heavy atom. The highest BCUT2D eigenvalue weighted by Crippen LogP contribution is 2.24. The maximum atomic E-state index is 12.3. The molecule has 0 unspecified atom stereocenters. The summed E-state index contributed by atoms with van der Waals surface area (Å²) >= 11 is 9.57. The molecule has 2 heterocycles. The number of aryl methyl sites for hydroxylation is 1. The number of anilines is 2. The Labute approximate surface area is 175 Å². The first-order chi connectivity index (χ1) is 13.5. The third-order valence-corrected chi connectivity index (χ3v) is 5.14. The van der Waals surface area contributed by atoms with Gasteiger partial charge in [0.25, 0.3) is 0 Å². The smallest absolute Gasteiger partial charge is 0.308 e. The molecule has 2 amide bonds. The number of carbonyl (C=O) groups is 1. The highest BCUT2D eigenvalue weighted by atomic mass is 79.9. The van der Waals surface area contributed by atoms with Crippen molar-refractivity contribution in [1.29, 1.82) is 0 Å². The van der Waals surface area contributed by atoms with Gasteiger partial charge in [0.05, 0.1) is 5.69 Å². The van der Waals surface area contributed by atoms with E-state index in [0.29, 0.717) is 16.4 Å². The molecule has 5 nitrogen and oxygen atoms in total. The lowest BCUT2D eigenvalue weighted by Crippen LogP contribution is -2.19. The fourth-order valence-corrected chi connectivity index (χ4v) is 3.36. The summed E-state index contributed by atoms with van der Waals surface area (Å²) in [5, 5.41) is 6.24. The lowest BCUT2D eigenvalue weighted by molar-refractivity contribution is 0.262. The van der Waals surface area contributed by atoms with Gasteiger partial charge in [-0.25, -0.2) is 9.78 Å². The fourth-order valence-electron chi connectivity index (χ4n) is 2.82. The normalized spacial score (nSPS) is 10.8. The number of hydrogen-bond donors (Lipinski definition) is 2. The van der Waals surface area contributed by atoms with E-state index < -0.39 is 0 Å². The van der Waals surface area contributed by atoms with Gasteiger partial charge in [-0.15, -0.1) is 0 Å². The molecule has 0 spiro atoms. The van der Waals surface area contributed by atoms with Crippen LogP contribution in [0.25, 0.3) is 16.9 Å². The minimum atomic E-state index is -0.337. The van der Waals surface area contributed by atoms with E-state index in [-0.39, 0.29) is 6.03 Å². The van der Waals surface area contributed by atoms with Crippen LogP contribution in [0.3, 0.4) is 0 Å². The first kappa shape index (κ1) is 18.5. The van der Waals surface area contributed by atoms with Gasteiger partial charge in [-0.05, 0) is 64.8 Å². The molecule has 0 bridgehead atoms. The van der Waals surface area contributed by atoms with E-state index in [2.05, 4.69) is 31.5 Å². The van der Waals surface area contributed by atoms with Gasteiger partial charge in [0, 0.05) is 38.8 Å². The quantitative estimate of drug-likeness (QED) is 0.377. The molecule has 0 saturated carbocycles. The van der Waals surface area contributed by atoms with Gasteiger partial charge in [-0.3, -0.25) is 0 Å². The monoisotopic (exact) mass is 454 g/mol. The Morgan fingerprint density at radius 2 is 1.82 bits per heavy atom. The number of urea groups is 1. The van der Waals surface area contributed by atoms with E-state index in [0.717, 1.165) is 26.9 Å². The topological polar surface area (TPSA) is 58.4 Å². The van der Waals surface area contributed by atoms with E-state index in [9.17, 15) is 4.79 Å². The van der Waals surface area contributed by atoms with Crippen molar-refractivity contribution >= 4 is 50.6 Å². The standard InChI is InChI=1S/C21H16BrClN4O/c1-13-5-7-17(10-18(13)23)25-21(28)24-16-4-2-3-14(9-16)19-12-27-11-15(22)6-8-20(27)26-19/h2-12H,1H3,(H2,24,25,28). The maximum Gasteiger partial charge on any atom is 0.323 e. The van der Waals surface area contributed by atoms with Gasteiger partial charge < -0.3 is 15.0 Å². The van der Waals surface area contributed by atoms with Crippen LogP contribution >= 0.6 is 27.5 Å². The Bertz CT molecular complexity index is 1190. The lowest BCUT2D eigenvalue weighted by atomic mass is 10.1. The molecule has 0 aliphatic heterocycles. The first-order valence-corrected chi connectivity index (χ1v) is 9.74. The summed E-state index contributed by atoms with van der Waals surface area (Å²) in [6.45, 7) is 1.91. The summed E-state index contributed by atoms with van der Waals surface area (Å²) in [5.41, 5.74) is 4.86. The molecule has 0 saturated heterocycles. The van der Waals surface area contributed by atoms with E-state index in [1.165, 1.54) is 0 Å². The molecule has 0 fully saturated rings. The van der Waals surface area contributed by atoms with Gasteiger partial charge in [0.2, 0.25) is 0 Å². The highest BCUT2D eigenvalue weighted by molar-refractivity contribution is 9.10. The van der Waals surface area contributed by atoms with Crippen molar-refractivity contribution in [3.63, 3.8) is 0 Å². The van der Waals surface area contributed by atoms with Crippen LogP contribution in [0.5, 0.6) is 0 Å². The minimum absolute atomic E-state index is 0.337. The van der Waals surface area contributed by atoms with Gasteiger partial charge in [0.1, 0.15) is 5.65 Å². The van der Waals surface area contributed by atoms with E-state index in [4.69, 9.17) is 11.6 Å². The van der Waals surface area contributed by atoms with Crippen LogP contribution in [0.4, 0.5) is 16.2 Å². The second-order valence-electron chi connectivity index (χ2n) is 6.36. The number of halogens is 2. The number of nitrogens with zero attached hydrogens (tertiary/aromatic N) is 2. The van der Waals surface area contributed by atoms with Crippen LogP contribution in [0.2, 0.25) is 5.02 Å². The molecule has 7 heteroatoms. The lowest BCUT2D eigenvalue weighted by Gasteiger charge is -2.09. The van der Waals surface area contributed by atoms with Crippen molar-refractivity contribution < 1.29 is 4.79 Å². The summed E-state index contributed by atoms with van der Waals surface area (Å²) in [7, 11) is 0. The molecule has 2 aromatic carbocycles. The van der Waals surface area contributed by atoms with Crippen LogP contribution in [-0.2, 0) is 0 Å². The summed E-state index contributed by atoms with van der Waals surface area (Å²) in [6, 6.07) is 16.5. The predicted molar refractivity (Wildman–Crippen MR) is 117 cm³/mol. The Hall–Kier alpha value is -2.83. The first-order valence-electron chi connectivity index (χ1n) is 8.57. The number of amides is 2. The van der Waals surface area contributed by atoms with Crippen LogP contribution in [0, 0.1) is 6.92 Å². The molecular formula is C21H16BrClN4O. The van der Waals surface area contributed by atoms with Crippen LogP contribution < -0.4 is 10.6 Å². The van der Waals surface area contributed by atoms with Crippen molar-refractivity contribution in [2.45, 2.75) is 6.92 Å². The molecule has 4 rings (SSSR count). The Balaban J connectivity index is 1.52. The number of carbonyl (C=O) groups excluding carboxylic acids is 1. The van der Waals surface area contributed by atoms with Crippen LogP contribution in [-0.4, -0.2) is 15.4 Å². The molecule has 0 radical (unpaired) electrons. The second kappa shape index (κ2) is 7.66. The van der Waals surface area contributed by atoms with E-state index in [1.807, 2.05) is 72.2 Å². The number of fused-ring (bicyclic) bond motifs is 1. The molecule has 0 aliphatic carbocycles. The van der Waals surface area contributed by atoms with Crippen molar-refractivity contribution in [2.75, 3.05) is 10.6 Å². The molecule has 28 heavy (non-hydrogen) atoms. The number of rotatable bonds is 3. The largest absolute Gasteiger partial charge is 0.323 e. The SMILES string of the molecule is Cc1ccc(NC(=O)Nc2cccc(-c3cn4cc(Br)ccc4n3)c2)cc1Cl. The second-order valence-corrected chi connectivity index (χ2v) is 7.69. The number of aromatic nitrogens is 2. The number of hydrogen-bond acceptors (Lipinski definition) is 2. The van der Waals surface area contributed by atoms with Crippen molar-refractivity contribution in [3.05, 3.63) is 82.0 Å². The Kier molecular flexibility index (Phi) is 5.07. The fraction of sp³-hybridized carbons (Fsp3) is 0.0476. The molecule has 0 aliphatic rings. The number of imidazole rings is 1. The molecule has 4 aromatic rings. The number of nitrogens with one attached hydrogen (secondary N) is 2. The van der Waals surface area contributed by atoms with Crippen molar-refractivity contribution in [1.82, 2.24) is 9.38 Å². The predicted octanol–water partition coefficient (Wildman–Crippen LogP) is 6.37. The zero-order valence-corrected chi connectivity index (χ0v) is 17.3.